The maximum Gasteiger partial charge on any atom is 0.412 e. The zero-order chi connectivity index (χ0) is 25.9. The van der Waals surface area contributed by atoms with Crippen molar-refractivity contribution in [3.05, 3.63) is 77.4 Å². The number of amides is 1. The number of carbonyl (C=O) groups excluding carboxylic acids is 1. The molecule has 0 atom stereocenters. The third kappa shape index (κ3) is 6.51. The number of carbonyl (C=O) groups is 1. The fourth-order valence-electron chi connectivity index (χ4n) is 3.35. The fourth-order valence-corrected chi connectivity index (χ4v) is 5.07. The van der Waals surface area contributed by atoms with Crippen molar-refractivity contribution in [3.8, 4) is 0 Å². The lowest BCUT2D eigenvalue weighted by molar-refractivity contribution is 0.0636. The lowest BCUT2D eigenvalue weighted by Gasteiger charge is -2.20. The molecule has 2 aromatic heterocycles. The summed E-state index contributed by atoms with van der Waals surface area (Å²) in [5, 5.41) is 4.23. The van der Waals surface area contributed by atoms with Gasteiger partial charge in [-0.25, -0.2) is 22.5 Å². The van der Waals surface area contributed by atoms with Gasteiger partial charge in [-0.05, 0) is 50.6 Å². The second-order valence-corrected chi connectivity index (χ2v) is 11.0. The number of thioether (sulfide) groups is 1. The van der Waals surface area contributed by atoms with Crippen molar-refractivity contribution in [2.75, 3.05) is 9.62 Å². The molecule has 4 rings (SSSR count). The number of benzene rings is 2. The van der Waals surface area contributed by atoms with Gasteiger partial charge in [-0.15, -0.1) is 0 Å². The molecule has 1 N–H and O–H groups in total. The topological polar surface area (TPSA) is 102 Å². The number of furan rings is 1. The molecule has 11 heteroatoms. The quantitative estimate of drug-likeness (QED) is 0.195. The molecule has 1 amide bonds. The van der Waals surface area contributed by atoms with E-state index in [0.717, 1.165) is 15.3 Å². The van der Waals surface area contributed by atoms with E-state index in [4.69, 9.17) is 20.8 Å². The summed E-state index contributed by atoms with van der Waals surface area (Å²) in [6.07, 6.45) is 0.914. The van der Waals surface area contributed by atoms with Gasteiger partial charge in [0.25, 0.3) is 0 Å². The van der Waals surface area contributed by atoms with Gasteiger partial charge in [-0.1, -0.05) is 53.7 Å². The van der Waals surface area contributed by atoms with Crippen LogP contribution in [-0.4, -0.2) is 25.1 Å². The van der Waals surface area contributed by atoms with Gasteiger partial charge >= 0.3 is 6.09 Å². The van der Waals surface area contributed by atoms with Crippen LogP contribution in [0.25, 0.3) is 11.0 Å². The number of aromatic nitrogens is 1. The van der Waals surface area contributed by atoms with E-state index in [2.05, 4.69) is 10.3 Å². The Hall–Kier alpha value is -3.21. The number of anilines is 3. The van der Waals surface area contributed by atoms with Gasteiger partial charge in [0.1, 0.15) is 16.2 Å². The van der Waals surface area contributed by atoms with E-state index in [1.165, 1.54) is 24.0 Å². The van der Waals surface area contributed by atoms with Crippen LogP contribution in [0.4, 0.5) is 22.1 Å². The van der Waals surface area contributed by atoms with E-state index in [-0.39, 0.29) is 16.6 Å². The maximum absolute atomic E-state index is 12.3. The largest absolute Gasteiger partial charge is 0.444 e. The van der Waals surface area contributed by atoms with E-state index >= 15 is 0 Å². The van der Waals surface area contributed by atoms with Crippen LogP contribution in [-0.2, 0) is 21.4 Å². The molecule has 0 saturated heterocycles. The van der Waals surface area contributed by atoms with Gasteiger partial charge in [0.15, 0.2) is 0 Å². The summed E-state index contributed by atoms with van der Waals surface area (Å²) in [6.45, 7) is 5.38. The Balaban J connectivity index is 1.58. The third-order valence-corrected chi connectivity index (χ3v) is 6.77. The lowest BCUT2D eigenvalue weighted by Crippen LogP contribution is -2.27. The Labute approximate surface area is 219 Å². The highest BCUT2D eigenvalue weighted by molar-refractivity contribution is 7.98. The molecule has 0 unspecified atom stereocenters. The van der Waals surface area contributed by atoms with E-state index < -0.39 is 22.6 Å². The highest BCUT2D eigenvalue weighted by Gasteiger charge is 2.22. The number of nitrogens with zero attached hydrogens (tertiary/aromatic N) is 2. The molecule has 0 aliphatic rings. The highest BCUT2D eigenvalue weighted by atomic mass is 35.5. The number of hydrogen-bond donors (Lipinski definition) is 2. The molecule has 0 saturated carbocycles. The zero-order valence-electron chi connectivity index (χ0n) is 19.7. The second-order valence-electron chi connectivity index (χ2n) is 8.77. The van der Waals surface area contributed by atoms with Gasteiger partial charge in [0, 0.05) is 29.1 Å². The molecule has 8 nitrogen and oxygen atoms in total. The summed E-state index contributed by atoms with van der Waals surface area (Å²) in [6, 6.07) is 17.7. The summed E-state index contributed by atoms with van der Waals surface area (Å²) in [5.41, 5.74) is 1.71. The van der Waals surface area contributed by atoms with Crippen molar-refractivity contribution >= 4 is 68.6 Å². The van der Waals surface area contributed by atoms with Gasteiger partial charge in [0.05, 0.1) is 10.7 Å². The zero-order valence-corrected chi connectivity index (χ0v) is 22.2. The average molecular weight is 546 g/mol. The Morgan fingerprint density at radius 2 is 1.92 bits per heavy atom. The summed E-state index contributed by atoms with van der Waals surface area (Å²) >= 11 is 7.52. The lowest BCUT2D eigenvalue weighted by atomic mass is 10.2. The second kappa shape index (κ2) is 10.8. The van der Waals surface area contributed by atoms with E-state index in [0.29, 0.717) is 22.0 Å². The van der Waals surface area contributed by atoms with Crippen LogP contribution >= 0.6 is 23.4 Å². The normalized spacial score (nSPS) is 11.6. The van der Waals surface area contributed by atoms with Crippen LogP contribution in [0, 0.1) is 0 Å². The van der Waals surface area contributed by atoms with Crippen molar-refractivity contribution in [2.45, 2.75) is 37.2 Å². The third-order valence-electron chi connectivity index (χ3n) is 4.76. The minimum absolute atomic E-state index is 0.141. The maximum atomic E-state index is 12.3. The number of rotatable bonds is 7. The van der Waals surface area contributed by atoms with Crippen molar-refractivity contribution in [2.24, 2.45) is 0 Å². The molecule has 188 valence electrons. The summed E-state index contributed by atoms with van der Waals surface area (Å²) < 4.78 is 36.8. The van der Waals surface area contributed by atoms with E-state index in [1.807, 2.05) is 36.4 Å². The smallest absolute Gasteiger partial charge is 0.412 e. The van der Waals surface area contributed by atoms with Crippen LogP contribution in [0.3, 0.4) is 0 Å². The number of hydrogen-bond acceptors (Lipinski definition) is 7. The summed E-state index contributed by atoms with van der Waals surface area (Å²) in [4.78, 5) is 16.5. The molecule has 0 bridgehead atoms. The van der Waals surface area contributed by atoms with E-state index in [1.54, 1.807) is 39.0 Å². The van der Waals surface area contributed by atoms with Crippen molar-refractivity contribution in [1.82, 2.24) is 4.98 Å². The van der Waals surface area contributed by atoms with Crippen LogP contribution in [0.15, 0.2) is 76.3 Å². The first-order valence-corrected chi connectivity index (χ1v) is 13.4. The van der Waals surface area contributed by atoms with Crippen LogP contribution in [0.2, 0.25) is 5.02 Å². The number of ether oxygens (including phenoxy) is 1. The predicted octanol–water partition coefficient (Wildman–Crippen LogP) is 6.79. The van der Waals surface area contributed by atoms with Crippen LogP contribution < -0.4 is 9.62 Å². The molecule has 2 heterocycles. The minimum atomic E-state index is -3.11. The Morgan fingerprint density at radius 1 is 1.14 bits per heavy atom. The molecule has 0 radical (unpaired) electrons. The molecule has 36 heavy (non-hydrogen) atoms. The van der Waals surface area contributed by atoms with Crippen LogP contribution in [0.1, 0.15) is 26.3 Å². The number of pyridine rings is 1. The van der Waals surface area contributed by atoms with Gasteiger partial charge in [-0.2, -0.15) is 0 Å². The SMILES string of the molecule is CC(C)(C)OC(=O)Nc1cccc(CSc2ncc(Cl)cc2N(c2cc3ccccc3o2)[SH](=O)=O)c1. The Kier molecular flexibility index (Phi) is 7.77. The number of fused-ring (bicyclic) bond motifs is 1. The highest BCUT2D eigenvalue weighted by Crippen LogP contribution is 2.38. The number of para-hydroxylation sites is 1. The molecule has 2 aromatic carbocycles. The van der Waals surface area contributed by atoms with Crippen LogP contribution in [0.5, 0.6) is 0 Å². The van der Waals surface area contributed by atoms with Crippen molar-refractivity contribution < 1.29 is 22.4 Å². The first kappa shape index (κ1) is 25.9. The molecule has 0 aliphatic carbocycles. The van der Waals surface area contributed by atoms with Gasteiger partial charge in [-0.3, -0.25) is 5.32 Å². The number of thiol groups is 1. The number of nitrogens with one attached hydrogen (secondary N) is 1. The molecule has 0 fully saturated rings. The fraction of sp³-hybridized carbons (Fsp3) is 0.200. The molecule has 0 aliphatic heterocycles. The van der Waals surface area contributed by atoms with Crippen molar-refractivity contribution in [3.63, 3.8) is 0 Å². The van der Waals surface area contributed by atoms with Gasteiger partial charge in [0.2, 0.25) is 16.8 Å². The Bertz CT molecular complexity index is 1440. The molecule has 0 spiro atoms. The first-order chi connectivity index (χ1) is 17.1. The average Bonchev–Trinajstić information content (AvgIpc) is 3.21. The molecular weight excluding hydrogens is 522 g/mol. The van der Waals surface area contributed by atoms with E-state index in [9.17, 15) is 13.2 Å². The van der Waals surface area contributed by atoms with Gasteiger partial charge < -0.3 is 9.15 Å². The summed E-state index contributed by atoms with van der Waals surface area (Å²) in [5.74, 6) is 0.594. The standard InChI is InChI=1S/C25H24ClN3O5S2/c1-25(2,3)34-24(30)28-19-9-6-7-16(11-19)15-35-23-20(13-18(26)14-27-23)29(36(31)32)22-12-17-8-4-5-10-21(17)33-22/h4-14,36H,15H2,1-3H3,(H,28,30). The monoisotopic (exact) mass is 545 g/mol. The Morgan fingerprint density at radius 3 is 2.64 bits per heavy atom. The number of halogens is 1. The van der Waals surface area contributed by atoms with Crippen molar-refractivity contribution in [1.29, 1.82) is 0 Å². The predicted molar refractivity (Wildman–Crippen MR) is 144 cm³/mol. The molecular formula is C25H24ClN3O5S2. The molecule has 4 aromatic rings. The first-order valence-electron chi connectivity index (χ1n) is 10.9. The minimum Gasteiger partial charge on any atom is -0.444 e. The summed E-state index contributed by atoms with van der Waals surface area (Å²) in [7, 11) is -3.11.